The van der Waals surface area contributed by atoms with Gasteiger partial charge < -0.3 is 4.74 Å². The zero-order valence-corrected chi connectivity index (χ0v) is 11.5. The molecule has 0 saturated carbocycles. The first-order valence-electron chi connectivity index (χ1n) is 5.89. The van der Waals surface area contributed by atoms with Gasteiger partial charge in [-0.3, -0.25) is 10.1 Å². The molecule has 7 heteroatoms. The smallest absolute Gasteiger partial charge is 0.345 e. The van der Waals surface area contributed by atoms with Crippen LogP contribution in [0.1, 0.15) is 37.0 Å². The first-order chi connectivity index (χ1) is 8.91. The molecule has 0 bridgehead atoms. The number of carbonyl (C=O) groups is 1. The van der Waals surface area contributed by atoms with Crippen LogP contribution in [0.5, 0.6) is 0 Å². The second-order valence-electron chi connectivity index (χ2n) is 4.45. The fourth-order valence-electron chi connectivity index (χ4n) is 1.47. The van der Waals surface area contributed by atoms with Crippen molar-refractivity contribution in [3.8, 4) is 0 Å². The topological polar surface area (TPSA) is 82.3 Å². The van der Waals surface area contributed by atoms with Crippen LogP contribution >= 0.6 is 11.6 Å². The number of pyridine rings is 1. The summed E-state index contributed by atoms with van der Waals surface area (Å²) in [5.41, 5.74) is -0.576. The number of hydrogen-bond acceptors (Lipinski definition) is 5. The Morgan fingerprint density at radius 3 is 2.84 bits per heavy atom. The zero-order chi connectivity index (χ0) is 14.4. The van der Waals surface area contributed by atoms with Crippen LogP contribution in [-0.2, 0) is 4.74 Å². The third-order valence-corrected chi connectivity index (χ3v) is 2.63. The standard InChI is InChI=1S/C12H15ClN2O4/c1-8(2)4-3-5-19-12(16)9-6-11(13)14-7-10(9)15(17)18/h6-8H,3-5H2,1-2H3. The number of hydrogen-bond donors (Lipinski definition) is 0. The van der Waals surface area contributed by atoms with Gasteiger partial charge in [0, 0.05) is 0 Å². The van der Waals surface area contributed by atoms with Gasteiger partial charge in [-0.15, -0.1) is 0 Å². The lowest BCUT2D eigenvalue weighted by atomic mass is 10.1. The van der Waals surface area contributed by atoms with Gasteiger partial charge in [-0.2, -0.15) is 0 Å². The van der Waals surface area contributed by atoms with Crippen LogP contribution in [0.15, 0.2) is 12.3 Å². The average molecular weight is 287 g/mol. The summed E-state index contributed by atoms with van der Waals surface area (Å²) in [5, 5.41) is 10.8. The molecule has 0 N–H and O–H groups in total. The number of ether oxygens (including phenoxy) is 1. The van der Waals surface area contributed by atoms with Gasteiger partial charge >= 0.3 is 11.7 Å². The van der Waals surface area contributed by atoms with Crippen LogP contribution in [0.3, 0.4) is 0 Å². The predicted octanol–water partition coefficient (Wildman–Crippen LogP) is 3.24. The van der Waals surface area contributed by atoms with Crippen molar-refractivity contribution in [2.75, 3.05) is 6.61 Å². The molecular formula is C12H15ClN2O4. The van der Waals surface area contributed by atoms with Gasteiger partial charge in [0.25, 0.3) is 0 Å². The van der Waals surface area contributed by atoms with Crippen LogP contribution in [0.2, 0.25) is 5.15 Å². The van der Waals surface area contributed by atoms with Crippen molar-refractivity contribution in [2.45, 2.75) is 26.7 Å². The van der Waals surface area contributed by atoms with Crippen molar-refractivity contribution in [2.24, 2.45) is 5.92 Å². The maximum Gasteiger partial charge on any atom is 0.345 e. The monoisotopic (exact) mass is 286 g/mol. The molecular weight excluding hydrogens is 272 g/mol. The second-order valence-corrected chi connectivity index (χ2v) is 4.84. The largest absolute Gasteiger partial charge is 0.462 e. The SMILES string of the molecule is CC(C)CCCOC(=O)c1cc(Cl)ncc1[N+](=O)[O-]. The van der Waals surface area contributed by atoms with Crippen molar-refractivity contribution in [1.29, 1.82) is 0 Å². The Kier molecular flexibility index (Phi) is 5.69. The van der Waals surface area contributed by atoms with Gasteiger partial charge in [0.1, 0.15) is 16.9 Å². The lowest BCUT2D eigenvalue weighted by molar-refractivity contribution is -0.385. The Hall–Kier alpha value is -1.69. The molecule has 0 amide bonds. The fourth-order valence-corrected chi connectivity index (χ4v) is 1.62. The van der Waals surface area contributed by atoms with Gasteiger partial charge in [-0.1, -0.05) is 25.4 Å². The number of halogens is 1. The van der Waals surface area contributed by atoms with Crippen LogP contribution < -0.4 is 0 Å². The molecule has 1 aromatic heterocycles. The quantitative estimate of drug-likeness (QED) is 0.263. The minimum atomic E-state index is -0.750. The maximum atomic E-state index is 11.8. The molecule has 0 unspecified atom stereocenters. The molecule has 1 aromatic rings. The summed E-state index contributed by atoms with van der Waals surface area (Å²) >= 11 is 5.63. The van der Waals surface area contributed by atoms with Gasteiger partial charge in [0.05, 0.1) is 11.5 Å². The van der Waals surface area contributed by atoms with Crippen molar-refractivity contribution >= 4 is 23.3 Å². The highest BCUT2D eigenvalue weighted by Crippen LogP contribution is 2.21. The van der Waals surface area contributed by atoms with Crippen molar-refractivity contribution in [3.05, 3.63) is 33.1 Å². The number of carbonyl (C=O) groups excluding carboxylic acids is 1. The molecule has 0 aliphatic rings. The number of aromatic nitrogens is 1. The Labute approximate surface area is 115 Å². The van der Waals surface area contributed by atoms with Crippen LogP contribution in [-0.4, -0.2) is 22.5 Å². The third-order valence-electron chi connectivity index (χ3n) is 2.43. The molecule has 19 heavy (non-hydrogen) atoms. The van der Waals surface area contributed by atoms with E-state index in [-0.39, 0.29) is 17.3 Å². The average Bonchev–Trinajstić information content (AvgIpc) is 2.33. The number of nitrogens with zero attached hydrogens (tertiary/aromatic N) is 2. The summed E-state index contributed by atoms with van der Waals surface area (Å²) in [6.45, 7) is 4.36. The van der Waals surface area contributed by atoms with Crippen molar-refractivity contribution in [1.82, 2.24) is 4.98 Å². The Morgan fingerprint density at radius 2 is 2.26 bits per heavy atom. The van der Waals surface area contributed by atoms with Gasteiger partial charge in [-0.05, 0) is 24.8 Å². The van der Waals surface area contributed by atoms with Crippen LogP contribution in [0.25, 0.3) is 0 Å². The molecule has 0 atom stereocenters. The molecule has 0 saturated heterocycles. The predicted molar refractivity (Wildman–Crippen MR) is 70.3 cm³/mol. The number of nitro groups is 1. The third kappa shape index (κ3) is 4.82. The van der Waals surface area contributed by atoms with E-state index in [0.717, 1.165) is 25.1 Å². The minimum Gasteiger partial charge on any atom is -0.462 e. The highest BCUT2D eigenvalue weighted by atomic mass is 35.5. The Bertz CT molecular complexity index is 477. The summed E-state index contributed by atoms with van der Waals surface area (Å²) in [6.07, 6.45) is 2.59. The highest BCUT2D eigenvalue weighted by molar-refractivity contribution is 6.29. The number of rotatable bonds is 6. The fraction of sp³-hybridized carbons (Fsp3) is 0.500. The minimum absolute atomic E-state index is 0.0136. The molecule has 0 aromatic carbocycles. The van der Waals surface area contributed by atoms with E-state index in [1.54, 1.807) is 0 Å². The molecule has 104 valence electrons. The molecule has 0 aliphatic heterocycles. The molecule has 6 nitrogen and oxygen atoms in total. The van der Waals surface area contributed by atoms with E-state index < -0.39 is 16.6 Å². The molecule has 0 spiro atoms. The Balaban J connectivity index is 2.70. The molecule has 0 fully saturated rings. The summed E-state index contributed by atoms with van der Waals surface area (Å²) in [7, 11) is 0. The van der Waals surface area contributed by atoms with Crippen molar-refractivity contribution < 1.29 is 14.5 Å². The van der Waals surface area contributed by atoms with E-state index in [4.69, 9.17) is 16.3 Å². The van der Waals surface area contributed by atoms with E-state index in [0.29, 0.717) is 5.92 Å². The lowest BCUT2D eigenvalue weighted by Gasteiger charge is -2.06. The van der Waals surface area contributed by atoms with Crippen LogP contribution in [0.4, 0.5) is 5.69 Å². The summed E-state index contributed by atoms with van der Waals surface area (Å²) in [5.74, 6) is -0.233. The molecule has 0 aliphatic carbocycles. The maximum absolute atomic E-state index is 11.8. The van der Waals surface area contributed by atoms with Gasteiger partial charge in [0.15, 0.2) is 0 Å². The second kappa shape index (κ2) is 7.04. The van der Waals surface area contributed by atoms with Crippen LogP contribution in [0, 0.1) is 16.0 Å². The molecule has 0 radical (unpaired) electrons. The first-order valence-corrected chi connectivity index (χ1v) is 6.26. The van der Waals surface area contributed by atoms with Gasteiger partial charge in [0.2, 0.25) is 0 Å². The normalized spacial score (nSPS) is 10.5. The van der Waals surface area contributed by atoms with E-state index in [1.165, 1.54) is 0 Å². The highest BCUT2D eigenvalue weighted by Gasteiger charge is 2.22. The van der Waals surface area contributed by atoms with E-state index in [2.05, 4.69) is 18.8 Å². The van der Waals surface area contributed by atoms with E-state index in [9.17, 15) is 14.9 Å². The Morgan fingerprint density at radius 1 is 1.58 bits per heavy atom. The summed E-state index contributed by atoms with van der Waals surface area (Å²) in [4.78, 5) is 25.4. The molecule has 1 rings (SSSR count). The van der Waals surface area contributed by atoms with E-state index >= 15 is 0 Å². The summed E-state index contributed by atoms with van der Waals surface area (Å²) in [6, 6.07) is 1.14. The van der Waals surface area contributed by atoms with Gasteiger partial charge in [-0.25, -0.2) is 9.78 Å². The summed E-state index contributed by atoms with van der Waals surface area (Å²) < 4.78 is 4.99. The number of esters is 1. The first kappa shape index (κ1) is 15.4. The van der Waals surface area contributed by atoms with Crippen molar-refractivity contribution in [3.63, 3.8) is 0 Å². The lowest BCUT2D eigenvalue weighted by Crippen LogP contribution is -2.10. The molecule has 1 heterocycles. The zero-order valence-electron chi connectivity index (χ0n) is 10.8. The van der Waals surface area contributed by atoms with E-state index in [1.807, 2.05) is 0 Å².